The van der Waals surface area contributed by atoms with Crippen molar-refractivity contribution in [2.75, 3.05) is 0 Å². The second kappa shape index (κ2) is 10.9. The van der Waals surface area contributed by atoms with Crippen LogP contribution in [-0.2, 0) is 24.1 Å². The first-order chi connectivity index (χ1) is 15.8. The summed E-state index contributed by atoms with van der Waals surface area (Å²) in [6, 6.07) is 37.1. The van der Waals surface area contributed by atoms with E-state index < -0.39 is 12.3 Å². The fraction of sp³-hybridized carbons (Fsp3) is 0.0769. The van der Waals surface area contributed by atoms with Gasteiger partial charge in [-0.15, -0.1) is 0 Å². The van der Waals surface area contributed by atoms with E-state index in [9.17, 15) is 0 Å². The van der Waals surface area contributed by atoms with E-state index in [2.05, 4.69) is 0 Å². The minimum atomic E-state index is -1.81. The molecule has 0 heterocycles. The summed E-state index contributed by atoms with van der Waals surface area (Å²) < 4.78 is 30.9. The molecule has 0 saturated heterocycles. The Balaban J connectivity index is 1.79. The summed E-state index contributed by atoms with van der Waals surface area (Å²) in [4.78, 5) is 0. The van der Waals surface area contributed by atoms with Crippen LogP contribution in [0.25, 0.3) is 0 Å². The molecule has 32 heavy (non-hydrogen) atoms. The van der Waals surface area contributed by atoms with Crippen LogP contribution in [-0.4, -0.2) is 12.3 Å². The van der Waals surface area contributed by atoms with E-state index in [1.807, 2.05) is 121 Å². The van der Waals surface area contributed by atoms with E-state index in [0.717, 1.165) is 0 Å². The van der Waals surface area contributed by atoms with Gasteiger partial charge in [0.15, 0.2) is 0 Å². The van der Waals surface area contributed by atoms with Crippen LogP contribution >= 0.6 is 0 Å². The molecule has 0 aromatic heterocycles. The molecule has 0 N–H and O–H groups in total. The maximum absolute atomic E-state index is 6.34. The predicted octanol–water partition coefficient (Wildman–Crippen LogP) is 5.76. The molecule has 159 valence electrons. The Hall–Kier alpha value is -3.25. The van der Waals surface area contributed by atoms with Crippen molar-refractivity contribution < 1.29 is 43.1 Å². The van der Waals surface area contributed by atoms with Crippen molar-refractivity contribution >= 4 is 0 Å². The molecule has 1 unspecified atom stereocenters. The zero-order valence-corrected chi connectivity index (χ0v) is 18.7. The van der Waals surface area contributed by atoms with Gasteiger partial charge in [0, 0.05) is 0 Å². The van der Waals surface area contributed by atoms with Gasteiger partial charge in [-0.25, -0.2) is 0 Å². The van der Waals surface area contributed by atoms with Gasteiger partial charge in [-0.3, -0.25) is 0 Å². The minimum absolute atomic E-state index is 0.526. The van der Waals surface area contributed by atoms with Crippen LogP contribution in [0.5, 0.6) is 23.0 Å². The quantitative estimate of drug-likeness (QED) is 0.222. The van der Waals surface area contributed by atoms with Crippen molar-refractivity contribution in [3.05, 3.63) is 121 Å². The molecule has 0 aliphatic carbocycles. The first-order valence-corrected chi connectivity index (χ1v) is 10.7. The SMILES string of the molecule is [Ti][O]C(Oc1ccccc1)C(Oc1ccccc1)(Oc1ccccc1)Oc1ccccc1. The number of para-hydroxylation sites is 4. The van der Waals surface area contributed by atoms with Crippen molar-refractivity contribution in [3.8, 4) is 23.0 Å². The molecule has 0 amide bonds. The fourth-order valence-corrected chi connectivity index (χ4v) is 3.26. The zero-order valence-electron chi connectivity index (χ0n) is 17.2. The predicted molar refractivity (Wildman–Crippen MR) is 116 cm³/mol. The van der Waals surface area contributed by atoms with E-state index in [-0.39, 0.29) is 0 Å². The maximum atomic E-state index is 6.34. The third kappa shape index (κ3) is 5.71. The topological polar surface area (TPSA) is 46.2 Å². The Morgan fingerprint density at radius 3 is 1.09 bits per heavy atom. The molecule has 0 fully saturated rings. The van der Waals surface area contributed by atoms with Gasteiger partial charge in [0.05, 0.1) is 0 Å². The Labute approximate surface area is 199 Å². The van der Waals surface area contributed by atoms with Gasteiger partial charge in [-0.1, -0.05) is 0 Å². The number of rotatable bonds is 10. The van der Waals surface area contributed by atoms with E-state index in [0.29, 0.717) is 23.0 Å². The molecule has 0 bridgehead atoms. The van der Waals surface area contributed by atoms with Crippen molar-refractivity contribution in [2.45, 2.75) is 12.3 Å². The summed E-state index contributed by atoms with van der Waals surface area (Å²) in [5.74, 6) is 0.345. The van der Waals surface area contributed by atoms with Crippen molar-refractivity contribution in [2.24, 2.45) is 0 Å². The van der Waals surface area contributed by atoms with Crippen LogP contribution < -0.4 is 18.9 Å². The van der Waals surface area contributed by atoms with Crippen LogP contribution in [0, 0.1) is 0 Å². The molecule has 0 aliphatic rings. The Bertz CT molecular complexity index is 961. The first kappa shape index (κ1) is 22.0. The van der Waals surface area contributed by atoms with Crippen molar-refractivity contribution in [1.82, 2.24) is 0 Å². The number of benzene rings is 4. The number of hydrogen-bond donors (Lipinski definition) is 0. The second-order valence-electron chi connectivity index (χ2n) is 6.73. The summed E-state index contributed by atoms with van der Waals surface area (Å²) in [5, 5.41) is 0. The van der Waals surface area contributed by atoms with E-state index in [1.54, 1.807) is 0 Å². The van der Waals surface area contributed by atoms with Gasteiger partial charge in [-0.2, -0.15) is 0 Å². The van der Waals surface area contributed by atoms with Crippen LogP contribution in [0.3, 0.4) is 0 Å². The number of hydrogen-bond acceptors (Lipinski definition) is 5. The van der Waals surface area contributed by atoms with Crippen LogP contribution in [0.2, 0.25) is 0 Å². The molecule has 4 aromatic carbocycles. The second-order valence-corrected chi connectivity index (χ2v) is 7.10. The van der Waals surface area contributed by atoms with Crippen molar-refractivity contribution in [1.29, 1.82) is 0 Å². The Kier molecular flexibility index (Phi) is 7.46. The molecular weight excluding hydrogens is 440 g/mol. The summed E-state index contributed by atoms with van der Waals surface area (Å²) in [7, 11) is 0. The molecule has 4 aromatic rings. The van der Waals surface area contributed by atoms with Gasteiger partial charge in [0.1, 0.15) is 0 Å². The monoisotopic (exact) mass is 461 g/mol. The van der Waals surface area contributed by atoms with Crippen LogP contribution in [0.4, 0.5) is 0 Å². The standard InChI is InChI=1S/C26H21O5.Ti/c27-25(28-21-13-5-1-6-14-21)26(29-22-15-7-2-8-16-22,30-23-17-9-3-10-18-23)31-24-19-11-4-12-20-24;/h1-20,25H;/q-1;+1. The van der Waals surface area contributed by atoms with Gasteiger partial charge < -0.3 is 0 Å². The van der Waals surface area contributed by atoms with E-state index in [4.69, 9.17) is 22.3 Å². The average Bonchev–Trinajstić information content (AvgIpc) is 2.85. The summed E-state index contributed by atoms with van der Waals surface area (Å²) >= 11 is 1.51. The number of ether oxygens (including phenoxy) is 4. The molecular formula is C26H21O5Ti. The molecule has 0 radical (unpaired) electrons. The zero-order chi connectivity index (χ0) is 22.1. The van der Waals surface area contributed by atoms with E-state index in [1.165, 1.54) is 20.8 Å². The molecule has 5 nitrogen and oxygen atoms in total. The van der Waals surface area contributed by atoms with Gasteiger partial charge in [-0.05, 0) is 0 Å². The van der Waals surface area contributed by atoms with Gasteiger partial charge in [0.25, 0.3) is 0 Å². The summed E-state index contributed by atoms with van der Waals surface area (Å²) in [5.41, 5.74) is 0. The third-order valence-electron chi connectivity index (χ3n) is 4.39. The molecule has 6 heteroatoms. The Morgan fingerprint density at radius 1 is 0.469 bits per heavy atom. The molecule has 0 spiro atoms. The molecule has 1 atom stereocenters. The summed E-state index contributed by atoms with van der Waals surface area (Å²) in [6.45, 7) is 0. The van der Waals surface area contributed by atoms with Crippen LogP contribution in [0.1, 0.15) is 0 Å². The summed E-state index contributed by atoms with van der Waals surface area (Å²) in [6.07, 6.45) is -1.09. The normalized spacial score (nSPS) is 11.8. The van der Waals surface area contributed by atoms with Gasteiger partial charge >= 0.3 is 200 Å². The molecule has 0 aliphatic heterocycles. The van der Waals surface area contributed by atoms with Gasteiger partial charge in [0.2, 0.25) is 0 Å². The van der Waals surface area contributed by atoms with Crippen LogP contribution in [0.15, 0.2) is 121 Å². The van der Waals surface area contributed by atoms with Crippen molar-refractivity contribution in [3.63, 3.8) is 0 Å². The fourth-order valence-electron chi connectivity index (χ4n) is 2.96. The molecule has 4 rings (SSSR count). The Morgan fingerprint density at radius 2 is 0.781 bits per heavy atom. The molecule has 0 saturated carbocycles. The third-order valence-corrected chi connectivity index (χ3v) is 4.73. The first-order valence-electron chi connectivity index (χ1n) is 10.0. The van der Waals surface area contributed by atoms with E-state index >= 15 is 0 Å². The average molecular weight is 461 g/mol.